The van der Waals surface area contributed by atoms with Crippen LogP contribution in [0.25, 0.3) is 0 Å². The summed E-state index contributed by atoms with van der Waals surface area (Å²) in [6.07, 6.45) is 7.25. The van der Waals surface area contributed by atoms with Gasteiger partial charge in [-0.2, -0.15) is 0 Å². The minimum atomic E-state index is -0.731. The van der Waals surface area contributed by atoms with Crippen molar-refractivity contribution in [2.24, 2.45) is 5.92 Å². The summed E-state index contributed by atoms with van der Waals surface area (Å²) in [5, 5.41) is 5.85. The monoisotopic (exact) mass is 459 g/mol. The van der Waals surface area contributed by atoms with E-state index in [-0.39, 0.29) is 36.1 Å². The first-order valence-corrected chi connectivity index (χ1v) is 12.0. The van der Waals surface area contributed by atoms with Gasteiger partial charge in [0.25, 0.3) is 0 Å². The molecule has 8 nitrogen and oxygen atoms in total. The number of nitrogens with one attached hydrogen (secondary N) is 2. The third kappa shape index (κ3) is 6.62. The van der Waals surface area contributed by atoms with Crippen LogP contribution in [0.3, 0.4) is 0 Å². The Morgan fingerprint density at radius 2 is 1.73 bits per heavy atom. The van der Waals surface area contributed by atoms with Gasteiger partial charge in [-0.05, 0) is 31.7 Å². The molecule has 2 N–H and O–H groups in total. The van der Waals surface area contributed by atoms with E-state index in [0.29, 0.717) is 24.6 Å². The zero-order valence-corrected chi connectivity index (χ0v) is 20.0. The number of likely N-dealkylation sites (tertiary alicyclic amines) is 1. The van der Waals surface area contributed by atoms with Crippen molar-refractivity contribution in [1.29, 1.82) is 0 Å². The van der Waals surface area contributed by atoms with E-state index in [0.717, 1.165) is 44.1 Å². The summed E-state index contributed by atoms with van der Waals surface area (Å²) in [4.78, 5) is 39.6. The number of piperidine rings is 1. The van der Waals surface area contributed by atoms with Gasteiger partial charge < -0.3 is 25.0 Å². The van der Waals surface area contributed by atoms with Gasteiger partial charge in [-0.3, -0.25) is 14.4 Å². The van der Waals surface area contributed by atoms with Crippen LogP contribution in [0.15, 0.2) is 18.2 Å². The van der Waals surface area contributed by atoms with E-state index in [1.165, 1.54) is 13.3 Å². The van der Waals surface area contributed by atoms with Crippen molar-refractivity contribution in [3.63, 3.8) is 0 Å². The fraction of sp³-hybridized carbons (Fsp3) is 0.640. The first kappa shape index (κ1) is 24.9. The highest BCUT2D eigenvalue weighted by Gasteiger charge is 2.31. The standard InChI is InChI=1S/C25H37N3O5/c1-17(29)26-21(16-19-10-7-11-22(32-2)23(19)33-3)24(30)27-20-12-14-28(15-13-20)25(31)18-8-5-4-6-9-18/h7,10-11,18,20-21H,4-6,8-9,12-16H2,1-3H3,(H,26,29)(H,27,30)/t21-/m1/s1. The van der Waals surface area contributed by atoms with Crippen molar-refractivity contribution in [1.82, 2.24) is 15.5 Å². The second-order valence-electron chi connectivity index (χ2n) is 9.05. The summed E-state index contributed by atoms with van der Waals surface area (Å²) in [5.74, 6) is 1.08. The largest absolute Gasteiger partial charge is 0.493 e. The molecule has 0 aromatic heterocycles. The van der Waals surface area contributed by atoms with Crippen molar-refractivity contribution in [3.8, 4) is 11.5 Å². The minimum absolute atomic E-state index is 0.0173. The molecular weight excluding hydrogens is 422 g/mol. The third-order valence-corrected chi connectivity index (χ3v) is 6.71. The van der Waals surface area contributed by atoms with Crippen molar-refractivity contribution in [2.75, 3.05) is 27.3 Å². The number of methoxy groups -OCH3 is 2. The Hall–Kier alpha value is -2.77. The normalized spacial score (nSPS) is 18.3. The van der Waals surface area contributed by atoms with Gasteiger partial charge in [0.1, 0.15) is 6.04 Å². The van der Waals surface area contributed by atoms with Crippen LogP contribution < -0.4 is 20.1 Å². The summed E-state index contributed by atoms with van der Waals surface area (Å²) < 4.78 is 10.8. The quantitative estimate of drug-likeness (QED) is 0.622. The van der Waals surface area contributed by atoms with E-state index in [4.69, 9.17) is 9.47 Å². The predicted molar refractivity (Wildman–Crippen MR) is 125 cm³/mol. The van der Waals surface area contributed by atoms with Gasteiger partial charge in [0.2, 0.25) is 17.7 Å². The van der Waals surface area contributed by atoms with Gasteiger partial charge in [-0.25, -0.2) is 0 Å². The highest BCUT2D eigenvalue weighted by Crippen LogP contribution is 2.31. The number of ether oxygens (including phenoxy) is 2. The van der Waals surface area contributed by atoms with Gasteiger partial charge in [0, 0.05) is 44.0 Å². The molecule has 182 valence electrons. The molecule has 1 aliphatic carbocycles. The maximum atomic E-state index is 13.1. The van der Waals surface area contributed by atoms with Crippen LogP contribution in [0.5, 0.6) is 11.5 Å². The number of benzene rings is 1. The number of para-hydroxylation sites is 1. The van der Waals surface area contributed by atoms with Gasteiger partial charge in [-0.1, -0.05) is 31.4 Å². The second-order valence-corrected chi connectivity index (χ2v) is 9.05. The summed E-state index contributed by atoms with van der Waals surface area (Å²) in [7, 11) is 3.11. The molecule has 1 saturated heterocycles. The fourth-order valence-corrected chi connectivity index (χ4v) is 4.94. The molecule has 8 heteroatoms. The molecule has 0 radical (unpaired) electrons. The number of amides is 3. The highest BCUT2D eigenvalue weighted by atomic mass is 16.5. The molecule has 33 heavy (non-hydrogen) atoms. The van der Waals surface area contributed by atoms with E-state index in [1.807, 2.05) is 17.0 Å². The summed E-state index contributed by atoms with van der Waals surface area (Å²) in [5.41, 5.74) is 0.777. The van der Waals surface area contributed by atoms with Crippen LogP contribution in [0, 0.1) is 5.92 Å². The topological polar surface area (TPSA) is 97.0 Å². The Morgan fingerprint density at radius 1 is 1.03 bits per heavy atom. The first-order valence-electron chi connectivity index (χ1n) is 12.0. The van der Waals surface area contributed by atoms with Gasteiger partial charge in [-0.15, -0.1) is 0 Å². The molecule has 0 bridgehead atoms. The van der Waals surface area contributed by atoms with Gasteiger partial charge >= 0.3 is 0 Å². The number of carbonyl (C=O) groups excluding carboxylic acids is 3. The van der Waals surface area contributed by atoms with E-state index in [2.05, 4.69) is 10.6 Å². The maximum Gasteiger partial charge on any atom is 0.243 e. The van der Waals surface area contributed by atoms with Crippen LogP contribution in [0.1, 0.15) is 57.4 Å². The zero-order chi connectivity index (χ0) is 23.8. The smallest absolute Gasteiger partial charge is 0.243 e. The molecule has 3 rings (SSSR count). The summed E-state index contributed by atoms with van der Waals surface area (Å²) >= 11 is 0. The fourth-order valence-electron chi connectivity index (χ4n) is 4.94. The molecule has 0 unspecified atom stereocenters. The lowest BCUT2D eigenvalue weighted by Crippen LogP contribution is -2.53. The Kier molecular flexibility index (Phi) is 8.97. The summed E-state index contributed by atoms with van der Waals surface area (Å²) in [6.45, 7) is 2.72. The molecule has 0 spiro atoms. The summed E-state index contributed by atoms with van der Waals surface area (Å²) in [6, 6.07) is 4.73. The lowest BCUT2D eigenvalue weighted by Gasteiger charge is -2.36. The minimum Gasteiger partial charge on any atom is -0.493 e. The molecule has 1 aromatic carbocycles. The molecule has 3 amide bonds. The molecule has 2 aliphatic rings. The maximum absolute atomic E-state index is 13.1. The SMILES string of the molecule is COc1cccc(C[C@@H](NC(C)=O)C(=O)NC2CCN(C(=O)C3CCCCC3)CC2)c1OC. The van der Waals surface area contributed by atoms with E-state index >= 15 is 0 Å². The number of carbonyl (C=O) groups is 3. The Balaban J connectivity index is 1.58. The third-order valence-electron chi connectivity index (χ3n) is 6.71. The van der Waals surface area contributed by atoms with Crippen molar-refractivity contribution in [2.45, 2.75) is 70.4 Å². The molecule has 1 heterocycles. The molecule has 1 aliphatic heterocycles. The van der Waals surface area contributed by atoms with Gasteiger partial charge in [0.05, 0.1) is 14.2 Å². The average molecular weight is 460 g/mol. The lowest BCUT2D eigenvalue weighted by molar-refractivity contribution is -0.138. The number of hydrogen-bond acceptors (Lipinski definition) is 5. The first-order chi connectivity index (χ1) is 15.9. The van der Waals surface area contributed by atoms with Crippen molar-refractivity contribution in [3.05, 3.63) is 23.8 Å². The Labute approximate surface area is 196 Å². The Morgan fingerprint density at radius 3 is 2.33 bits per heavy atom. The van der Waals surface area contributed by atoms with Crippen LogP contribution >= 0.6 is 0 Å². The number of nitrogens with zero attached hydrogens (tertiary/aromatic N) is 1. The second kappa shape index (κ2) is 11.9. The van der Waals surface area contributed by atoms with E-state index in [9.17, 15) is 14.4 Å². The van der Waals surface area contributed by atoms with Crippen molar-refractivity contribution >= 4 is 17.7 Å². The van der Waals surface area contributed by atoms with Crippen LogP contribution in [0.2, 0.25) is 0 Å². The molecule has 1 atom stereocenters. The van der Waals surface area contributed by atoms with Gasteiger partial charge in [0.15, 0.2) is 11.5 Å². The molecule has 2 fully saturated rings. The predicted octanol–water partition coefficient (Wildman–Crippen LogP) is 2.44. The zero-order valence-electron chi connectivity index (χ0n) is 20.0. The molecule has 1 aromatic rings. The van der Waals surface area contributed by atoms with Crippen LogP contribution in [-0.2, 0) is 20.8 Å². The van der Waals surface area contributed by atoms with Crippen LogP contribution in [-0.4, -0.2) is 62.0 Å². The lowest BCUT2D eigenvalue weighted by atomic mass is 9.87. The van der Waals surface area contributed by atoms with E-state index < -0.39 is 6.04 Å². The molecular formula is C25H37N3O5. The number of hydrogen-bond donors (Lipinski definition) is 2. The van der Waals surface area contributed by atoms with E-state index in [1.54, 1.807) is 20.3 Å². The van der Waals surface area contributed by atoms with Crippen LogP contribution in [0.4, 0.5) is 0 Å². The van der Waals surface area contributed by atoms with Crippen molar-refractivity contribution < 1.29 is 23.9 Å². The molecule has 1 saturated carbocycles. The Bertz CT molecular complexity index is 829. The highest BCUT2D eigenvalue weighted by molar-refractivity contribution is 5.87. The average Bonchev–Trinajstić information content (AvgIpc) is 2.83. The number of rotatable bonds is 8.